The van der Waals surface area contributed by atoms with Crippen LogP contribution in [0.2, 0.25) is 0 Å². The molecule has 7 nitrogen and oxygen atoms in total. The zero-order chi connectivity index (χ0) is 18.1. The van der Waals surface area contributed by atoms with Crippen molar-refractivity contribution in [2.75, 3.05) is 31.5 Å². The summed E-state index contributed by atoms with van der Waals surface area (Å²) in [6.45, 7) is 2.27. The second-order valence-corrected chi connectivity index (χ2v) is 6.63. The molecular weight excluding hydrogens is 332 g/mol. The van der Waals surface area contributed by atoms with Crippen LogP contribution in [0.25, 0.3) is 0 Å². The predicted octanol–water partition coefficient (Wildman–Crippen LogP) is 1.50. The molecule has 0 spiro atoms. The SMILES string of the molecule is O=C1Cc2cc(C(=O)N3CCCN(C(=O)c4cc[nH]c4)CC3)ccc2N1. The van der Waals surface area contributed by atoms with Crippen LogP contribution in [0.5, 0.6) is 0 Å². The standard InChI is InChI=1S/C19H20N4O3/c24-17-11-15-10-13(2-3-16(15)21-17)18(25)22-6-1-7-23(9-8-22)19(26)14-4-5-20-12-14/h2-5,10,12,20H,1,6-9,11H2,(H,21,24). The Balaban J connectivity index is 1.44. The largest absolute Gasteiger partial charge is 0.367 e. The van der Waals surface area contributed by atoms with Crippen LogP contribution in [-0.4, -0.2) is 58.7 Å². The molecule has 26 heavy (non-hydrogen) atoms. The van der Waals surface area contributed by atoms with E-state index in [0.717, 1.165) is 17.7 Å². The molecule has 1 aromatic carbocycles. The molecule has 134 valence electrons. The van der Waals surface area contributed by atoms with Crippen molar-refractivity contribution in [1.29, 1.82) is 0 Å². The zero-order valence-corrected chi connectivity index (χ0v) is 14.3. The number of anilines is 1. The van der Waals surface area contributed by atoms with Gasteiger partial charge in [-0.15, -0.1) is 0 Å². The lowest BCUT2D eigenvalue weighted by Crippen LogP contribution is -2.37. The smallest absolute Gasteiger partial charge is 0.255 e. The molecule has 2 aliphatic rings. The fourth-order valence-corrected chi connectivity index (χ4v) is 3.51. The summed E-state index contributed by atoms with van der Waals surface area (Å²) in [5, 5.41) is 2.77. The molecule has 3 amide bonds. The third-order valence-electron chi connectivity index (χ3n) is 4.89. The molecule has 1 saturated heterocycles. The van der Waals surface area contributed by atoms with E-state index in [4.69, 9.17) is 0 Å². The Morgan fingerprint density at radius 2 is 1.65 bits per heavy atom. The van der Waals surface area contributed by atoms with Gasteiger partial charge in [0.05, 0.1) is 12.0 Å². The summed E-state index contributed by atoms with van der Waals surface area (Å²) < 4.78 is 0. The monoisotopic (exact) mass is 352 g/mol. The van der Waals surface area contributed by atoms with E-state index in [-0.39, 0.29) is 17.7 Å². The fourth-order valence-electron chi connectivity index (χ4n) is 3.51. The predicted molar refractivity (Wildman–Crippen MR) is 96.0 cm³/mol. The minimum Gasteiger partial charge on any atom is -0.367 e. The van der Waals surface area contributed by atoms with Crippen molar-refractivity contribution in [3.8, 4) is 0 Å². The van der Waals surface area contributed by atoms with Crippen molar-refractivity contribution in [3.05, 3.63) is 53.3 Å². The molecular formula is C19H20N4O3. The molecule has 0 radical (unpaired) electrons. The van der Waals surface area contributed by atoms with Gasteiger partial charge in [0.15, 0.2) is 0 Å². The number of nitrogens with zero attached hydrogens (tertiary/aromatic N) is 2. The van der Waals surface area contributed by atoms with Gasteiger partial charge in [-0.1, -0.05) is 0 Å². The van der Waals surface area contributed by atoms with Crippen LogP contribution in [0.1, 0.15) is 32.7 Å². The van der Waals surface area contributed by atoms with E-state index in [1.165, 1.54) is 0 Å². The average Bonchev–Trinajstić information content (AvgIpc) is 3.23. The van der Waals surface area contributed by atoms with Gasteiger partial charge in [-0.25, -0.2) is 0 Å². The van der Waals surface area contributed by atoms with Crippen LogP contribution in [0.15, 0.2) is 36.7 Å². The molecule has 0 aliphatic carbocycles. The van der Waals surface area contributed by atoms with Crippen LogP contribution in [0.3, 0.4) is 0 Å². The third-order valence-corrected chi connectivity index (χ3v) is 4.89. The maximum absolute atomic E-state index is 12.9. The van der Waals surface area contributed by atoms with Gasteiger partial charge in [-0.3, -0.25) is 14.4 Å². The number of carbonyl (C=O) groups is 3. The lowest BCUT2D eigenvalue weighted by molar-refractivity contribution is -0.115. The number of carbonyl (C=O) groups excluding carboxylic acids is 3. The van der Waals surface area contributed by atoms with Gasteiger partial charge in [0.2, 0.25) is 5.91 Å². The Hall–Kier alpha value is -3.09. The normalized spacial score (nSPS) is 16.8. The topological polar surface area (TPSA) is 85.5 Å². The number of amides is 3. The van der Waals surface area contributed by atoms with Crippen LogP contribution in [0, 0.1) is 0 Å². The number of benzene rings is 1. The van der Waals surface area contributed by atoms with Crippen LogP contribution in [0.4, 0.5) is 5.69 Å². The van der Waals surface area contributed by atoms with Gasteiger partial charge >= 0.3 is 0 Å². The lowest BCUT2D eigenvalue weighted by atomic mass is 10.1. The summed E-state index contributed by atoms with van der Waals surface area (Å²) in [6, 6.07) is 7.09. The Labute approximate surface area is 151 Å². The van der Waals surface area contributed by atoms with Crippen LogP contribution >= 0.6 is 0 Å². The van der Waals surface area contributed by atoms with Crippen molar-refractivity contribution < 1.29 is 14.4 Å². The van der Waals surface area contributed by atoms with Gasteiger partial charge in [-0.2, -0.15) is 0 Å². The molecule has 1 fully saturated rings. The molecule has 0 saturated carbocycles. The molecule has 7 heteroatoms. The summed E-state index contributed by atoms with van der Waals surface area (Å²) in [5.74, 6) is -0.107. The van der Waals surface area contributed by atoms with Crippen molar-refractivity contribution in [2.24, 2.45) is 0 Å². The van der Waals surface area contributed by atoms with Crippen molar-refractivity contribution in [2.45, 2.75) is 12.8 Å². The van der Waals surface area contributed by atoms with Crippen molar-refractivity contribution in [1.82, 2.24) is 14.8 Å². The number of hydrogen-bond donors (Lipinski definition) is 2. The Morgan fingerprint density at radius 1 is 0.923 bits per heavy atom. The van der Waals surface area contributed by atoms with E-state index in [2.05, 4.69) is 10.3 Å². The minimum atomic E-state index is -0.0527. The highest BCUT2D eigenvalue weighted by Crippen LogP contribution is 2.24. The Morgan fingerprint density at radius 3 is 2.35 bits per heavy atom. The number of rotatable bonds is 2. The van der Waals surface area contributed by atoms with Gasteiger partial charge in [0.25, 0.3) is 11.8 Å². The minimum absolute atomic E-state index is 0.0114. The molecule has 0 unspecified atom stereocenters. The highest BCUT2D eigenvalue weighted by Gasteiger charge is 2.25. The average molecular weight is 352 g/mol. The number of H-pyrrole nitrogens is 1. The first-order chi connectivity index (χ1) is 12.6. The van der Waals surface area contributed by atoms with Crippen LogP contribution < -0.4 is 5.32 Å². The Kier molecular flexibility index (Phi) is 4.20. The summed E-state index contributed by atoms with van der Waals surface area (Å²) in [4.78, 5) is 43.3. The molecule has 0 bridgehead atoms. The number of aromatic amines is 1. The lowest BCUT2D eigenvalue weighted by Gasteiger charge is -2.22. The van der Waals surface area contributed by atoms with Gasteiger partial charge in [-0.05, 0) is 36.2 Å². The maximum Gasteiger partial charge on any atom is 0.255 e. The first-order valence-corrected chi connectivity index (χ1v) is 8.76. The molecule has 2 N–H and O–H groups in total. The highest BCUT2D eigenvalue weighted by atomic mass is 16.2. The molecule has 1 aromatic heterocycles. The van der Waals surface area contributed by atoms with Crippen molar-refractivity contribution >= 4 is 23.4 Å². The third kappa shape index (κ3) is 3.08. The van der Waals surface area contributed by atoms with E-state index in [1.54, 1.807) is 46.5 Å². The molecule has 2 aliphatic heterocycles. The van der Waals surface area contributed by atoms with Crippen molar-refractivity contribution in [3.63, 3.8) is 0 Å². The summed E-state index contributed by atoms with van der Waals surface area (Å²) in [7, 11) is 0. The second-order valence-electron chi connectivity index (χ2n) is 6.63. The van der Waals surface area contributed by atoms with Gasteiger partial charge < -0.3 is 20.1 Å². The van der Waals surface area contributed by atoms with E-state index < -0.39 is 0 Å². The van der Waals surface area contributed by atoms with Gasteiger partial charge in [0.1, 0.15) is 0 Å². The first kappa shape index (κ1) is 16.4. The van der Waals surface area contributed by atoms with Crippen LogP contribution in [-0.2, 0) is 11.2 Å². The fraction of sp³-hybridized carbons (Fsp3) is 0.316. The first-order valence-electron chi connectivity index (χ1n) is 8.76. The summed E-state index contributed by atoms with van der Waals surface area (Å²) in [6.07, 6.45) is 4.48. The molecule has 0 atom stereocenters. The Bertz CT molecular complexity index is 860. The quantitative estimate of drug-likeness (QED) is 0.859. The van der Waals surface area contributed by atoms with E-state index >= 15 is 0 Å². The van der Waals surface area contributed by atoms with E-state index in [9.17, 15) is 14.4 Å². The zero-order valence-electron chi connectivity index (χ0n) is 14.3. The summed E-state index contributed by atoms with van der Waals surface area (Å²) in [5.41, 5.74) is 2.87. The van der Waals surface area contributed by atoms with E-state index in [1.807, 2.05) is 0 Å². The number of fused-ring (bicyclic) bond motifs is 1. The number of nitrogens with one attached hydrogen (secondary N) is 2. The van der Waals surface area contributed by atoms with E-state index in [0.29, 0.717) is 43.7 Å². The summed E-state index contributed by atoms with van der Waals surface area (Å²) >= 11 is 0. The molecule has 2 aromatic rings. The maximum atomic E-state index is 12.9. The highest BCUT2D eigenvalue weighted by molar-refractivity contribution is 6.01. The number of aromatic nitrogens is 1. The second kappa shape index (κ2) is 6.67. The molecule has 3 heterocycles. The molecule has 4 rings (SSSR count). The number of hydrogen-bond acceptors (Lipinski definition) is 3. The van der Waals surface area contributed by atoms with Gasteiger partial charge in [0, 0.05) is 49.8 Å².